The van der Waals surface area contributed by atoms with E-state index in [4.69, 9.17) is 4.74 Å². The van der Waals surface area contributed by atoms with Crippen LogP contribution in [-0.2, 0) is 17.3 Å². The standard InChI is InChI=1S/C17H18F3N3O2S/c1-2-3-13-15(26-22-21-13)16(24)23-8-9-25-14(10-23)11-4-6-12(7-5-11)17(18,19)20/h4-7,14H,2-3,8-10H2,1H3. The van der Waals surface area contributed by atoms with Gasteiger partial charge in [0, 0.05) is 6.54 Å². The number of amides is 1. The largest absolute Gasteiger partial charge is 0.416 e. The van der Waals surface area contributed by atoms with Gasteiger partial charge in [-0.2, -0.15) is 13.2 Å². The number of carbonyl (C=O) groups excluding carboxylic acids is 1. The Labute approximate surface area is 152 Å². The van der Waals surface area contributed by atoms with Gasteiger partial charge in [0.2, 0.25) is 0 Å². The minimum atomic E-state index is -4.37. The van der Waals surface area contributed by atoms with Crippen molar-refractivity contribution in [3.05, 3.63) is 46.0 Å². The van der Waals surface area contributed by atoms with Gasteiger partial charge in [-0.05, 0) is 35.6 Å². The maximum absolute atomic E-state index is 12.8. The fraction of sp³-hybridized carbons (Fsp3) is 0.471. The lowest BCUT2D eigenvalue weighted by Gasteiger charge is -2.33. The number of benzene rings is 1. The molecule has 140 valence electrons. The first kappa shape index (κ1) is 18.8. The average molecular weight is 385 g/mol. The predicted molar refractivity (Wildman–Crippen MR) is 89.9 cm³/mol. The molecule has 2 heterocycles. The molecule has 1 amide bonds. The second-order valence-electron chi connectivity index (χ2n) is 6.03. The molecule has 3 rings (SSSR count). The fourth-order valence-corrected chi connectivity index (χ4v) is 3.51. The molecule has 0 radical (unpaired) electrons. The molecule has 26 heavy (non-hydrogen) atoms. The third-order valence-corrected chi connectivity index (χ3v) is 4.96. The lowest BCUT2D eigenvalue weighted by Crippen LogP contribution is -2.42. The third-order valence-electron chi connectivity index (χ3n) is 4.20. The van der Waals surface area contributed by atoms with E-state index in [9.17, 15) is 18.0 Å². The molecule has 0 spiro atoms. The van der Waals surface area contributed by atoms with Crippen molar-refractivity contribution in [2.24, 2.45) is 0 Å². The molecule has 5 nitrogen and oxygen atoms in total. The second-order valence-corrected chi connectivity index (χ2v) is 6.78. The first-order valence-corrected chi connectivity index (χ1v) is 9.06. The molecule has 1 saturated heterocycles. The number of alkyl halides is 3. The lowest BCUT2D eigenvalue weighted by molar-refractivity contribution is -0.137. The summed E-state index contributed by atoms with van der Waals surface area (Å²) in [6.45, 7) is 3.04. The molecular formula is C17H18F3N3O2S. The van der Waals surface area contributed by atoms with Gasteiger partial charge in [-0.25, -0.2) is 0 Å². The molecule has 2 aromatic rings. The summed E-state index contributed by atoms with van der Waals surface area (Å²) in [4.78, 5) is 15.0. The average Bonchev–Trinajstić information content (AvgIpc) is 3.09. The topological polar surface area (TPSA) is 55.3 Å². The summed E-state index contributed by atoms with van der Waals surface area (Å²) in [6.07, 6.45) is -3.28. The Kier molecular flexibility index (Phi) is 5.57. The number of nitrogens with zero attached hydrogens (tertiary/aromatic N) is 3. The second kappa shape index (κ2) is 7.71. The molecule has 1 fully saturated rings. The summed E-state index contributed by atoms with van der Waals surface area (Å²) in [5, 5.41) is 4.01. The van der Waals surface area contributed by atoms with E-state index in [2.05, 4.69) is 9.59 Å². The first-order valence-electron chi connectivity index (χ1n) is 8.29. The van der Waals surface area contributed by atoms with Gasteiger partial charge in [0.25, 0.3) is 5.91 Å². The highest BCUT2D eigenvalue weighted by atomic mass is 32.1. The van der Waals surface area contributed by atoms with Gasteiger partial charge >= 0.3 is 6.18 Å². The summed E-state index contributed by atoms with van der Waals surface area (Å²) < 4.78 is 47.6. The van der Waals surface area contributed by atoms with Crippen LogP contribution in [0, 0.1) is 0 Å². The highest BCUT2D eigenvalue weighted by Crippen LogP contribution is 2.31. The molecular weight excluding hydrogens is 367 g/mol. The number of aryl methyl sites for hydroxylation is 1. The van der Waals surface area contributed by atoms with Gasteiger partial charge in [0.1, 0.15) is 11.0 Å². The van der Waals surface area contributed by atoms with Gasteiger partial charge < -0.3 is 9.64 Å². The summed E-state index contributed by atoms with van der Waals surface area (Å²) in [5.41, 5.74) is 0.608. The van der Waals surface area contributed by atoms with E-state index in [1.54, 1.807) is 4.90 Å². The molecule has 1 aromatic carbocycles. The lowest BCUT2D eigenvalue weighted by atomic mass is 10.0. The Hall–Kier alpha value is -2.00. The molecule has 1 aliphatic rings. The molecule has 9 heteroatoms. The van der Waals surface area contributed by atoms with Crippen molar-refractivity contribution in [1.82, 2.24) is 14.5 Å². The van der Waals surface area contributed by atoms with Crippen molar-refractivity contribution < 1.29 is 22.7 Å². The van der Waals surface area contributed by atoms with Crippen molar-refractivity contribution in [3.8, 4) is 0 Å². The zero-order chi connectivity index (χ0) is 18.7. The van der Waals surface area contributed by atoms with Crippen molar-refractivity contribution >= 4 is 17.4 Å². The zero-order valence-electron chi connectivity index (χ0n) is 14.1. The highest BCUT2D eigenvalue weighted by Gasteiger charge is 2.32. The first-order chi connectivity index (χ1) is 12.4. The Morgan fingerprint density at radius 3 is 2.73 bits per heavy atom. The number of hydrogen-bond donors (Lipinski definition) is 0. The number of morpholine rings is 1. The number of carbonyl (C=O) groups is 1. The number of aromatic nitrogens is 2. The minimum absolute atomic E-state index is 0.149. The van der Waals surface area contributed by atoms with Crippen LogP contribution >= 0.6 is 11.5 Å². The molecule has 0 bridgehead atoms. The van der Waals surface area contributed by atoms with E-state index < -0.39 is 17.8 Å². The number of halogens is 3. The van der Waals surface area contributed by atoms with E-state index >= 15 is 0 Å². The van der Waals surface area contributed by atoms with Gasteiger partial charge in [0.15, 0.2) is 0 Å². The number of ether oxygens (including phenoxy) is 1. The summed E-state index contributed by atoms with van der Waals surface area (Å²) in [5.74, 6) is -0.149. The van der Waals surface area contributed by atoms with Crippen molar-refractivity contribution in [2.75, 3.05) is 19.7 Å². The maximum atomic E-state index is 12.8. The molecule has 0 N–H and O–H groups in total. The monoisotopic (exact) mass is 385 g/mol. The van der Waals surface area contributed by atoms with Gasteiger partial charge in [-0.1, -0.05) is 30.0 Å². The van der Waals surface area contributed by atoms with E-state index in [0.717, 1.165) is 30.1 Å². The van der Waals surface area contributed by atoms with Gasteiger partial charge in [-0.15, -0.1) is 5.10 Å². The molecule has 0 aliphatic carbocycles. The Morgan fingerprint density at radius 2 is 2.08 bits per heavy atom. The van der Waals surface area contributed by atoms with Crippen LogP contribution in [0.2, 0.25) is 0 Å². The smallest absolute Gasteiger partial charge is 0.370 e. The minimum Gasteiger partial charge on any atom is -0.370 e. The van der Waals surface area contributed by atoms with Crippen molar-refractivity contribution in [2.45, 2.75) is 32.0 Å². The Bertz CT molecular complexity index is 761. The van der Waals surface area contributed by atoms with Gasteiger partial charge in [-0.3, -0.25) is 4.79 Å². The highest BCUT2D eigenvalue weighted by molar-refractivity contribution is 7.08. The van der Waals surface area contributed by atoms with E-state index in [1.165, 1.54) is 12.1 Å². The summed E-state index contributed by atoms with van der Waals surface area (Å²) >= 11 is 1.07. The molecule has 1 aliphatic heterocycles. The van der Waals surface area contributed by atoms with Crippen LogP contribution in [0.25, 0.3) is 0 Å². The predicted octanol–water partition coefficient (Wildman–Crippen LogP) is 3.72. The Balaban J connectivity index is 1.73. The SMILES string of the molecule is CCCc1nnsc1C(=O)N1CCOC(c2ccc(C(F)(F)F)cc2)C1. The molecule has 1 atom stereocenters. The van der Waals surface area contributed by atoms with Crippen LogP contribution in [0.1, 0.15) is 45.9 Å². The van der Waals surface area contributed by atoms with Crippen molar-refractivity contribution in [3.63, 3.8) is 0 Å². The van der Waals surface area contributed by atoms with Crippen LogP contribution < -0.4 is 0 Å². The molecule has 1 unspecified atom stereocenters. The number of hydrogen-bond acceptors (Lipinski definition) is 5. The summed E-state index contributed by atoms with van der Waals surface area (Å²) in [6, 6.07) is 4.87. The van der Waals surface area contributed by atoms with E-state index in [-0.39, 0.29) is 12.5 Å². The molecule has 1 aromatic heterocycles. The third kappa shape index (κ3) is 4.04. The maximum Gasteiger partial charge on any atom is 0.416 e. The number of rotatable bonds is 4. The normalized spacial score (nSPS) is 18.2. The van der Waals surface area contributed by atoms with Crippen LogP contribution in [0.4, 0.5) is 13.2 Å². The van der Waals surface area contributed by atoms with Crippen LogP contribution in [0.3, 0.4) is 0 Å². The molecule has 0 saturated carbocycles. The Morgan fingerprint density at radius 1 is 1.35 bits per heavy atom. The van der Waals surface area contributed by atoms with Crippen LogP contribution in [-0.4, -0.2) is 40.1 Å². The quantitative estimate of drug-likeness (QED) is 0.805. The van der Waals surface area contributed by atoms with Crippen molar-refractivity contribution in [1.29, 1.82) is 0 Å². The zero-order valence-corrected chi connectivity index (χ0v) is 14.9. The fourth-order valence-electron chi connectivity index (χ4n) is 2.84. The van der Waals surface area contributed by atoms with E-state index in [0.29, 0.717) is 35.7 Å². The van der Waals surface area contributed by atoms with Gasteiger partial charge in [0.05, 0.1) is 24.4 Å². The summed E-state index contributed by atoms with van der Waals surface area (Å²) in [7, 11) is 0. The van der Waals surface area contributed by atoms with Crippen LogP contribution in [0.15, 0.2) is 24.3 Å². The van der Waals surface area contributed by atoms with Crippen LogP contribution in [0.5, 0.6) is 0 Å². The van der Waals surface area contributed by atoms with E-state index in [1.807, 2.05) is 6.92 Å².